The van der Waals surface area contributed by atoms with Crippen molar-refractivity contribution in [3.8, 4) is 0 Å². The average molecular weight is 229 g/mol. The van der Waals surface area contributed by atoms with Crippen molar-refractivity contribution in [2.24, 2.45) is 5.73 Å². The van der Waals surface area contributed by atoms with Crippen molar-refractivity contribution in [3.63, 3.8) is 0 Å². The molecular formula is C6H7F4N3S. The van der Waals surface area contributed by atoms with Crippen LogP contribution in [-0.2, 0) is 12.3 Å². The van der Waals surface area contributed by atoms with Crippen LogP contribution in [0.15, 0.2) is 0 Å². The van der Waals surface area contributed by atoms with Crippen LogP contribution in [0.1, 0.15) is 10.0 Å². The van der Waals surface area contributed by atoms with Crippen molar-refractivity contribution in [1.29, 1.82) is 0 Å². The second-order valence-electron chi connectivity index (χ2n) is 2.46. The monoisotopic (exact) mass is 229 g/mol. The Balaban J connectivity index is 2.85. The molecule has 0 fully saturated rings. The van der Waals surface area contributed by atoms with Crippen molar-refractivity contribution >= 4 is 11.3 Å². The summed E-state index contributed by atoms with van der Waals surface area (Å²) in [5, 5.41) is 5.62. The number of hydrogen-bond acceptors (Lipinski definition) is 4. The molecule has 0 atom stereocenters. The van der Waals surface area contributed by atoms with Crippen LogP contribution in [0.2, 0.25) is 0 Å². The smallest absolute Gasteiger partial charge is 0.330 e. The highest BCUT2D eigenvalue weighted by molar-refractivity contribution is 7.11. The first-order valence-electron chi connectivity index (χ1n) is 3.67. The van der Waals surface area contributed by atoms with Crippen molar-refractivity contribution in [2.45, 2.75) is 18.8 Å². The Bertz CT molecular complexity index is 301. The lowest BCUT2D eigenvalue weighted by Crippen LogP contribution is -2.23. The molecule has 0 unspecified atom stereocenters. The lowest BCUT2D eigenvalue weighted by atomic mass is 10.4. The van der Waals surface area contributed by atoms with Gasteiger partial charge in [0.1, 0.15) is 5.01 Å². The fraction of sp³-hybridized carbons (Fsp3) is 0.667. The Labute approximate surface area is 80.9 Å². The van der Waals surface area contributed by atoms with Gasteiger partial charge in [-0.05, 0) is 6.54 Å². The lowest BCUT2D eigenvalue weighted by Gasteiger charge is -2.09. The van der Waals surface area contributed by atoms with Gasteiger partial charge < -0.3 is 5.73 Å². The molecule has 0 radical (unpaired) electrons. The first-order chi connectivity index (χ1) is 6.48. The highest BCUT2D eigenvalue weighted by Gasteiger charge is 2.46. The van der Waals surface area contributed by atoms with Crippen molar-refractivity contribution in [1.82, 2.24) is 10.2 Å². The predicted octanol–water partition coefficient (Wildman–Crippen LogP) is 1.40. The summed E-state index contributed by atoms with van der Waals surface area (Å²) in [6, 6.07) is 0. The molecule has 0 bridgehead atoms. The summed E-state index contributed by atoms with van der Waals surface area (Å²) in [4.78, 5) is 0. The Hall–Kier alpha value is -0.760. The molecule has 80 valence electrons. The van der Waals surface area contributed by atoms with Crippen LogP contribution in [0.3, 0.4) is 0 Å². The van der Waals surface area contributed by atoms with Crippen molar-refractivity contribution in [3.05, 3.63) is 10.0 Å². The van der Waals surface area contributed by atoms with Crippen LogP contribution in [0.25, 0.3) is 0 Å². The van der Waals surface area contributed by atoms with E-state index in [9.17, 15) is 17.6 Å². The lowest BCUT2D eigenvalue weighted by molar-refractivity contribution is -0.135. The maximum Gasteiger partial charge on any atom is 0.359 e. The number of nitrogens with zero attached hydrogens (tertiary/aromatic N) is 2. The molecule has 3 nitrogen and oxygen atoms in total. The molecule has 0 saturated heterocycles. The van der Waals surface area contributed by atoms with E-state index in [1.54, 1.807) is 0 Å². The Morgan fingerprint density at radius 3 is 2.50 bits per heavy atom. The fourth-order valence-electron chi connectivity index (χ4n) is 0.706. The first kappa shape index (κ1) is 11.3. The zero-order valence-corrected chi connectivity index (χ0v) is 7.70. The third-order valence-corrected chi connectivity index (χ3v) is 2.45. The summed E-state index contributed by atoms with van der Waals surface area (Å²) in [7, 11) is 0. The molecule has 0 amide bonds. The van der Waals surface area contributed by atoms with Gasteiger partial charge in [-0.2, -0.15) is 8.78 Å². The van der Waals surface area contributed by atoms with E-state index in [1.165, 1.54) is 0 Å². The molecule has 2 N–H and O–H groups in total. The van der Waals surface area contributed by atoms with Gasteiger partial charge in [-0.25, -0.2) is 8.78 Å². The predicted molar refractivity (Wildman–Crippen MR) is 42.6 cm³/mol. The molecule has 1 aromatic rings. The van der Waals surface area contributed by atoms with Gasteiger partial charge in [-0.15, -0.1) is 10.2 Å². The van der Waals surface area contributed by atoms with E-state index in [1.807, 2.05) is 0 Å². The van der Waals surface area contributed by atoms with E-state index in [0.717, 1.165) is 0 Å². The van der Waals surface area contributed by atoms with Crippen molar-refractivity contribution < 1.29 is 17.6 Å². The minimum Gasteiger partial charge on any atom is -0.330 e. The average Bonchev–Trinajstić information content (AvgIpc) is 2.53. The summed E-state index contributed by atoms with van der Waals surface area (Å²) in [5.41, 5.74) is 5.14. The van der Waals surface area contributed by atoms with Crippen LogP contribution in [-0.4, -0.2) is 23.2 Å². The fourth-order valence-corrected chi connectivity index (χ4v) is 1.54. The van der Waals surface area contributed by atoms with Crippen LogP contribution < -0.4 is 5.73 Å². The van der Waals surface area contributed by atoms with E-state index in [0.29, 0.717) is 11.3 Å². The number of nitrogens with two attached hydrogens (primary N) is 1. The number of alkyl halides is 4. The zero-order chi connectivity index (χ0) is 10.8. The minimum absolute atomic E-state index is 0.217. The molecular weight excluding hydrogens is 222 g/mol. The van der Waals surface area contributed by atoms with Gasteiger partial charge in [0.15, 0.2) is 5.01 Å². The Morgan fingerprint density at radius 2 is 2.00 bits per heavy atom. The van der Waals surface area contributed by atoms with Gasteiger partial charge in [-0.1, -0.05) is 11.3 Å². The highest BCUT2D eigenvalue weighted by atomic mass is 32.1. The van der Waals surface area contributed by atoms with E-state index in [-0.39, 0.29) is 18.0 Å². The zero-order valence-electron chi connectivity index (χ0n) is 6.88. The van der Waals surface area contributed by atoms with Gasteiger partial charge in [0.2, 0.25) is 0 Å². The number of aromatic nitrogens is 2. The summed E-state index contributed by atoms with van der Waals surface area (Å²) in [6.07, 6.45) is -3.50. The standard InChI is InChI=1S/C6H7F4N3S/c7-4(8)6(9,10)5-13-12-3(14-5)1-2-11/h4H,1-2,11H2. The summed E-state index contributed by atoms with van der Waals surface area (Å²) < 4.78 is 49.0. The number of halogens is 4. The number of hydrogen-bond donors (Lipinski definition) is 1. The second kappa shape index (κ2) is 4.18. The third-order valence-electron chi connectivity index (χ3n) is 1.38. The molecule has 0 aromatic carbocycles. The SMILES string of the molecule is NCCc1nnc(C(F)(F)C(F)F)s1. The quantitative estimate of drug-likeness (QED) is 0.794. The maximum atomic E-state index is 12.7. The van der Waals surface area contributed by atoms with Crippen LogP contribution in [0, 0.1) is 0 Å². The number of rotatable bonds is 4. The Kier molecular flexibility index (Phi) is 3.38. The normalized spacial score (nSPS) is 12.4. The van der Waals surface area contributed by atoms with E-state index in [2.05, 4.69) is 10.2 Å². The molecule has 0 spiro atoms. The maximum absolute atomic E-state index is 12.7. The minimum atomic E-state index is -4.22. The summed E-state index contributed by atoms with van der Waals surface area (Å²) >= 11 is 0.461. The summed E-state index contributed by atoms with van der Waals surface area (Å²) in [6.45, 7) is 0.217. The van der Waals surface area contributed by atoms with E-state index >= 15 is 0 Å². The van der Waals surface area contributed by atoms with Gasteiger partial charge in [0.25, 0.3) is 0 Å². The van der Waals surface area contributed by atoms with Gasteiger partial charge >= 0.3 is 12.3 Å². The first-order valence-corrected chi connectivity index (χ1v) is 4.49. The second-order valence-corrected chi connectivity index (χ2v) is 3.53. The largest absolute Gasteiger partial charge is 0.359 e. The van der Waals surface area contributed by atoms with Crippen LogP contribution >= 0.6 is 11.3 Å². The summed E-state index contributed by atoms with van der Waals surface area (Å²) in [5.74, 6) is -4.22. The molecule has 1 rings (SSSR count). The van der Waals surface area contributed by atoms with Gasteiger partial charge in [0.05, 0.1) is 0 Å². The van der Waals surface area contributed by atoms with Crippen LogP contribution in [0.5, 0.6) is 0 Å². The van der Waals surface area contributed by atoms with Gasteiger partial charge in [0, 0.05) is 6.42 Å². The third kappa shape index (κ3) is 2.18. The van der Waals surface area contributed by atoms with Crippen molar-refractivity contribution in [2.75, 3.05) is 6.54 Å². The Morgan fingerprint density at radius 1 is 1.36 bits per heavy atom. The van der Waals surface area contributed by atoms with E-state index < -0.39 is 17.4 Å². The molecule has 1 heterocycles. The molecule has 8 heteroatoms. The van der Waals surface area contributed by atoms with Crippen LogP contribution in [0.4, 0.5) is 17.6 Å². The highest BCUT2D eigenvalue weighted by Crippen LogP contribution is 2.35. The molecule has 0 aliphatic heterocycles. The molecule has 1 aromatic heterocycles. The topological polar surface area (TPSA) is 51.8 Å². The van der Waals surface area contributed by atoms with Gasteiger partial charge in [-0.3, -0.25) is 0 Å². The molecule has 14 heavy (non-hydrogen) atoms. The van der Waals surface area contributed by atoms with E-state index in [4.69, 9.17) is 5.73 Å². The molecule has 0 aliphatic carbocycles. The molecule has 0 aliphatic rings. The molecule has 0 saturated carbocycles.